The zero-order valence-corrected chi connectivity index (χ0v) is 16.2. The van der Waals surface area contributed by atoms with E-state index in [2.05, 4.69) is 60.8 Å². The van der Waals surface area contributed by atoms with Crippen LogP contribution in [0.2, 0.25) is 0 Å². The van der Waals surface area contributed by atoms with Gasteiger partial charge in [-0.15, -0.1) is 0 Å². The van der Waals surface area contributed by atoms with Gasteiger partial charge in [-0.25, -0.2) is 0 Å². The molecule has 1 atom stereocenters. The van der Waals surface area contributed by atoms with Crippen LogP contribution in [0.1, 0.15) is 18.9 Å². The number of ether oxygens (including phenoxy) is 2. The Bertz CT molecular complexity index is 844. The zero-order chi connectivity index (χ0) is 19.1. The van der Waals surface area contributed by atoms with Gasteiger partial charge in [0.15, 0.2) is 0 Å². The van der Waals surface area contributed by atoms with Crippen LogP contribution in [0.4, 0.5) is 5.69 Å². The second kappa shape index (κ2) is 9.13. The van der Waals surface area contributed by atoms with Crippen molar-refractivity contribution in [2.45, 2.75) is 25.8 Å². The summed E-state index contributed by atoms with van der Waals surface area (Å²) in [4.78, 5) is 0. The van der Waals surface area contributed by atoms with Crippen molar-refractivity contribution in [2.24, 2.45) is 0 Å². The van der Waals surface area contributed by atoms with E-state index >= 15 is 0 Å². The summed E-state index contributed by atoms with van der Waals surface area (Å²) in [5.41, 5.74) is 4.73. The second-order valence-electron chi connectivity index (χ2n) is 6.71. The first-order valence-electron chi connectivity index (χ1n) is 9.32. The van der Waals surface area contributed by atoms with Crippen molar-refractivity contribution in [2.75, 3.05) is 19.5 Å². The fourth-order valence-electron chi connectivity index (χ4n) is 3.14. The highest BCUT2D eigenvalue weighted by Gasteiger charge is 2.09. The molecule has 0 saturated heterocycles. The van der Waals surface area contributed by atoms with E-state index in [1.54, 1.807) is 14.2 Å². The minimum Gasteiger partial charge on any atom is -0.497 e. The molecule has 0 bridgehead atoms. The molecule has 0 saturated carbocycles. The van der Waals surface area contributed by atoms with Crippen LogP contribution in [0, 0.1) is 0 Å². The van der Waals surface area contributed by atoms with Crippen molar-refractivity contribution in [1.82, 2.24) is 0 Å². The van der Waals surface area contributed by atoms with Crippen molar-refractivity contribution in [3.8, 4) is 22.6 Å². The molecule has 1 N–H and O–H groups in total. The number of benzene rings is 3. The quantitative estimate of drug-likeness (QED) is 0.550. The Balaban J connectivity index is 1.67. The first kappa shape index (κ1) is 18.8. The van der Waals surface area contributed by atoms with Gasteiger partial charge >= 0.3 is 0 Å². The lowest BCUT2D eigenvalue weighted by atomic mass is 10.0. The third-order valence-corrected chi connectivity index (χ3v) is 4.73. The largest absolute Gasteiger partial charge is 0.497 e. The van der Waals surface area contributed by atoms with Crippen molar-refractivity contribution in [3.63, 3.8) is 0 Å². The average Bonchev–Trinajstić information content (AvgIpc) is 2.73. The molecule has 140 valence electrons. The highest BCUT2D eigenvalue weighted by molar-refractivity contribution is 5.72. The maximum Gasteiger partial charge on any atom is 0.141 e. The molecule has 0 aliphatic rings. The van der Waals surface area contributed by atoms with Crippen LogP contribution < -0.4 is 14.8 Å². The Hall–Kier alpha value is -2.94. The third-order valence-electron chi connectivity index (χ3n) is 4.73. The van der Waals surface area contributed by atoms with Gasteiger partial charge in [0.25, 0.3) is 0 Å². The van der Waals surface area contributed by atoms with Crippen molar-refractivity contribution < 1.29 is 9.47 Å². The lowest BCUT2D eigenvalue weighted by Crippen LogP contribution is -2.16. The topological polar surface area (TPSA) is 30.5 Å². The fourth-order valence-corrected chi connectivity index (χ4v) is 3.14. The van der Waals surface area contributed by atoms with Crippen LogP contribution in [-0.2, 0) is 6.42 Å². The Morgan fingerprint density at radius 3 is 2.22 bits per heavy atom. The Labute approximate surface area is 162 Å². The Kier molecular flexibility index (Phi) is 6.37. The zero-order valence-electron chi connectivity index (χ0n) is 16.2. The standard InChI is InChI=1S/C24H27NO2/c1-18(9-10-19-11-14-22(26-2)15-12-19)25-23-17-21(13-16-24(23)27-3)20-7-5-4-6-8-20/h4-8,11-18,25H,9-10H2,1-3H3. The molecule has 3 rings (SSSR count). The number of aryl methyl sites for hydroxylation is 1. The molecule has 3 heteroatoms. The number of nitrogens with one attached hydrogen (secondary N) is 1. The van der Waals surface area contributed by atoms with Gasteiger partial charge in [0.05, 0.1) is 19.9 Å². The van der Waals surface area contributed by atoms with Crippen molar-refractivity contribution >= 4 is 5.69 Å². The molecule has 0 spiro atoms. The van der Waals surface area contributed by atoms with E-state index in [0.717, 1.165) is 30.0 Å². The van der Waals surface area contributed by atoms with E-state index in [1.165, 1.54) is 16.7 Å². The van der Waals surface area contributed by atoms with Gasteiger partial charge in [0.1, 0.15) is 11.5 Å². The van der Waals surface area contributed by atoms with Gasteiger partial charge in [0, 0.05) is 6.04 Å². The molecule has 3 aromatic rings. The molecule has 0 aromatic heterocycles. The predicted molar refractivity (Wildman–Crippen MR) is 113 cm³/mol. The maximum absolute atomic E-state index is 5.55. The molecule has 0 fully saturated rings. The van der Waals surface area contributed by atoms with E-state index in [0.29, 0.717) is 6.04 Å². The molecule has 1 unspecified atom stereocenters. The maximum atomic E-state index is 5.55. The summed E-state index contributed by atoms with van der Waals surface area (Å²) in [5, 5.41) is 3.61. The predicted octanol–water partition coefficient (Wildman–Crippen LogP) is 5.80. The Morgan fingerprint density at radius 2 is 1.56 bits per heavy atom. The van der Waals surface area contributed by atoms with E-state index in [9.17, 15) is 0 Å². The number of anilines is 1. The van der Waals surface area contributed by atoms with Gasteiger partial charge < -0.3 is 14.8 Å². The van der Waals surface area contributed by atoms with E-state index in [1.807, 2.05) is 24.3 Å². The van der Waals surface area contributed by atoms with Crippen LogP contribution in [0.25, 0.3) is 11.1 Å². The van der Waals surface area contributed by atoms with E-state index in [4.69, 9.17) is 9.47 Å². The fraction of sp³-hybridized carbons (Fsp3) is 0.250. The van der Waals surface area contributed by atoms with Gasteiger partial charge in [-0.2, -0.15) is 0 Å². The molecule has 0 heterocycles. The average molecular weight is 361 g/mol. The summed E-state index contributed by atoms with van der Waals surface area (Å²) >= 11 is 0. The molecule has 0 aliphatic carbocycles. The monoisotopic (exact) mass is 361 g/mol. The van der Waals surface area contributed by atoms with Crippen LogP contribution in [-0.4, -0.2) is 20.3 Å². The van der Waals surface area contributed by atoms with E-state index < -0.39 is 0 Å². The molecule has 3 nitrogen and oxygen atoms in total. The summed E-state index contributed by atoms with van der Waals surface area (Å²) in [7, 11) is 3.41. The SMILES string of the molecule is COc1ccc(CCC(C)Nc2cc(-c3ccccc3)ccc2OC)cc1. The summed E-state index contributed by atoms with van der Waals surface area (Å²) in [5.74, 6) is 1.76. The van der Waals surface area contributed by atoms with Crippen molar-refractivity contribution in [1.29, 1.82) is 0 Å². The highest BCUT2D eigenvalue weighted by Crippen LogP contribution is 2.31. The van der Waals surface area contributed by atoms with Gasteiger partial charge in [-0.3, -0.25) is 0 Å². The van der Waals surface area contributed by atoms with Gasteiger partial charge in [-0.05, 0) is 60.7 Å². The Morgan fingerprint density at radius 1 is 0.815 bits per heavy atom. The second-order valence-corrected chi connectivity index (χ2v) is 6.71. The minimum absolute atomic E-state index is 0.326. The molecule has 27 heavy (non-hydrogen) atoms. The number of hydrogen-bond acceptors (Lipinski definition) is 3. The van der Waals surface area contributed by atoms with Crippen LogP contribution >= 0.6 is 0 Å². The lowest BCUT2D eigenvalue weighted by Gasteiger charge is -2.19. The minimum atomic E-state index is 0.326. The number of hydrogen-bond donors (Lipinski definition) is 1. The smallest absolute Gasteiger partial charge is 0.141 e. The molecular formula is C24H27NO2. The molecule has 3 aromatic carbocycles. The summed E-state index contributed by atoms with van der Waals surface area (Å²) in [6.45, 7) is 2.21. The molecule has 0 amide bonds. The molecular weight excluding hydrogens is 334 g/mol. The first-order valence-corrected chi connectivity index (χ1v) is 9.32. The summed E-state index contributed by atoms with van der Waals surface area (Å²) in [6.07, 6.45) is 2.05. The number of rotatable bonds is 8. The summed E-state index contributed by atoms with van der Waals surface area (Å²) < 4.78 is 10.8. The summed E-state index contributed by atoms with van der Waals surface area (Å²) in [6, 6.07) is 25.3. The van der Waals surface area contributed by atoms with Crippen LogP contribution in [0.5, 0.6) is 11.5 Å². The number of methoxy groups -OCH3 is 2. The van der Waals surface area contributed by atoms with Crippen molar-refractivity contribution in [3.05, 3.63) is 78.4 Å². The van der Waals surface area contributed by atoms with E-state index in [-0.39, 0.29) is 0 Å². The van der Waals surface area contributed by atoms with Crippen LogP contribution in [0.15, 0.2) is 72.8 Å². The lowest BCUT2D eigenvalue weighted by molar-refractivity contribution is 0.414. The van der Waals surface area contributed by atoms with Crippen LogP contribution in [0.3, 0.4) is 0 Å². The van der Waals surface area contributed by atoms with Gasteiger partial charge in [0.2, 0.25) is 0 Å². The van der Waals surface area contributed by atoms with Gasteiger partial charge in [-0.1, -0.05) is 48.5 Å². The molecule has 0 aliphatic heterocycles. The third kappa shape index (κ3) is 5.04. The molecule has 0 radical (unpaired) electrons. The highest BCUT2D eigenvalue weighted by atomic mass is 16.5. The first-order chi connectivity index (χ1) is 13.2. The normalized spacial score (nSPS) is 11.7.